The van der Waals surface area contributed by atoms with Gasteiger partial charge in [0.2, 0.25) is 0 Å². The Labute approximate surface area is 113 Å². The molecule has 0 bridgehead atoms. The topological polar surface area (TPSA) is 21.3 Å². The number of hydrogen-bond acceptors (Lipinski definition) is 3. The average Bonchev–Trinajstić information content (AvgIpc) is 2.79. The molecular weight excluding hydrogens is 242 g/mol. The number of aryl methyl sites for hydroxylation is 1. The second kappa shape index (κ2) is 6.03. The van der Waals surface area contributed by atoms with Crippen molar-refractivity contribution in [2.45, 2.75) is 19.9 Å². The summed E-state index contributed by atoms with van der Waals surface area (Å²) in [5, 5.41) is 7.78. The van der Waals surface area contributed by atoms with Crippen molar-refractivity contribution in [3.63, 3.8) is 0 Å². The summed E-state index contributed by atoms with van der Waals surface area (Å²) in [6.45, 7) is 4.86. The molecule has 0 amide bonds. The van der Waals surface area contributed by atoms with Gasteiger partial charge in [0.15, 0.2) is 0 Å². The highest BCUT2D eigenvalue weighted by molar-refractivity contribution is 7.08. The lowest BCUT2D eigenvalue weighted by molar-refractivity contribution is 0.334. The summed E-state index contributed by atoms with van der Waals surface area (Å²) in [4.78, 5) is 0. The zero-order valence-electron chi connectivity index (χ0n) is 11.1. The van der Waals surface area contributed by atoms with Gasteiger partial charge in [-0.3, -0.25) is 0 Å². The van der Waals surface area contributed by atoms with Gasteiger partial charge in [-0.25, -0.2) is 0 Å². The van der Waals surface area contributed by atoms with E-state index >= 15 is 0 Å². The Morgan fingerprint density at radius 3 is 2.61 bits per heavy atom. The molecule has 1 unspecified atom stereocenters. The van der Waals surface area contributed by atoms with E-state index in [-0.39, 0.29) is 6.04 Å². The summed E-state index contributed by atoms with van der Waals surface area (Å²) in [5.41, 5.74) is 3.85. The molecule has 2 rings (SSSR count). The molecule has 3 heteroatoms. The highest BCUT2D eigenvalue weighted by Crippen LogP contribution is 2.32. The lowest BCUT2D eigenvalue weighted by atomic mass is 9.98. The second-order valence-corrected chi connectivity index (χ2v) is 4.95. The van der Waals surface area contributed by atoms with Gasteiger partial charge in [0, 0.05) is 5.56 Å². The van der Waals surface area contributed by atoms with Gasteiger partial charge in [-0.1, -0.05) is 18.2 Å². The van der Waals surface area contributed by atoms with Crippen molar-refractivity contribution in [3.05, 3.63) is 51.7 Å². The molecule has 1 atom stereocenters. The van der Waals surface area contributed by atoms with Crippen molar-refractivity contribution < 1.29 is 4.74 Å². The predicted octanol–water partition coefficient (Wildman–Crippen LogP) is 3.76. The summed E-state index contributed by atoms with van der Waals surface area (Å²) in [5.74, 6) is 0.963. The zero-order valence-corrected chi connectivity index (χ0v) is 11.9. The third-order valence-corrected chi connectivity index (χ3v) is 3.90. The van der Waals surface area contributed by atoms with Crippen LogP contribution < -0.4 is 10.1 Å². The van der Waals surface area contributed by atoms with Gasteiger partial charge in [0.1, 0.15) is 5.75 Å². The maximum absolute atomic E-state index is 5.72. The smallest absolute Gasteiger partial charge is 0.124 e. The average molecular weight is 261 g/mol. The van der Waals surface area contributed by atoms with Crippen LogP contribution in [0.25, 0.3) is 0 Å². The lowest BCUT2D eigenvalue weighted by Gasteiger charge is -2.20. The molecule has 0 saturated heterocycles. The van der Waals surface area contributed by atoms with Crippen LogP contribution in [-0.4, -0.2) is 13.7 Å². The maximum atomic E-state index is 5.72. The fourth-order valence-corrected chi connectivity index (χ4v) is 3.03. The Hall–Kier alpha value is -1.32. The van der Waals surface area contributed by atoms with Crippen LogP contribution in [0.5, 0.6) is 5.75 Å². The van der Waals surface area contributed by atoms with E-state index in [9.17, 15) is 0 Å². The van der Waals surface area contributed by atoms with E-state index in [4.69, 9.17) is 4.74 Å². The van der Waals surface area contributed by atoms with Gasteiger partial charge in [0.25, 0.3) is 0 Å². The Kier molecular flexibility index (Phi) is 4.39. The normalized spacial score (nSPS) is 12.4. The van der Waals surface area contributed by atoms with Gasteiger partial charge in [0.05, 0.1) is 12.6 Å². The van der Waals surface area contributed by atoms with E-state index in [0.29, 0.717) is 6.61 Å². The van der Waals surface area contributed by atoms with E-state index in [1.54, 1.807) is 11.3 Å². The summed E-state index contributed by atoms with van der Waals surface area (Å²) >= 11 is 1.74. The SMILES string of the molecule is CCOc1ccccc1C(NC)c1cscc1C. The first-order valence-electron chi connectivity index (χ1n) is 6.19. The summed E-state index contributed by atoms with van der Waals surface area (Å²) in [7, 11) is 1.99. The Morgan fingerprint density at radius 1 is 1.22 bits per heavy atom. The summed E-state index contributed by atoms with van der Waals surface area (Å²) in [6.07, 6.45) is 0. The minimum absolute atomic E-state index is 0.194. The quantitative estimate of drug-likeness (QED) is 0.884. The Balaban J connectivity index is 2.42. The Bertz CT molecular complexity index is 507. The molecule has 0 radical (unpaired) electrons. The second-order valence-electron chi connectivity index (χ2n) is 4.20. The van der Waals surface area contributed by atoms with Gasteiger partial charge in [-0.05, 0) is 48.8 Å². The van der Waals surface area contributed by atoms with Gasteiger partial charge < -0.3 is 10.1 Å². The lowest BCUT2D eigenvalue weighted by Crippen LogP contribution is -2.18. The first kappa shape index (κ1) is 13.1. The van der Waals surface area contributed by atoms with Crippen molar-refractivity contribution in [1.82, 2.24) is 5.32 Å². The molecule has 1 N–H and O–H groups in total. The van der Waals surface area contributed by atoms with Gasteiger partial charge >= 0.3 is 0 Å². The molecule has 0 aliphatic heterocycles. The third-order valence-electron chi connectivity index (χ3n) is 3.02. The van der Waals surface area contributed by atoms with E-state index in [1.807, 2.05) is 26.1 Å². The van der Waals surface area contributed by atoms with Gasteiger partial charge in [-0.2, -0.15) is 11.3 Å². The number of thiophene rings is 1. The largest absolute Gasteiger partial charge is 0.494 e. The number of para-hydroxylation sites is 1. The molecule has 0 fully saturated rings. The molecule has 2 aromatic rings. The number of benzene rings is 1. The summed E-state index contributed by atoms with van der Waals surface area (Å²) < 4.78 is 5.72. The monoisotopic (exact) mass is 261 g/mol. The van der Waals surface area contributed by atoms with Gasteiger partial charge in [-0.15, -0.1) is 0 Å². The van der Waals surface area contributed by atoms with Crippen LogP contribution in [0, 0.1) is 6.92 Å². The van der Waals surface area contributed by atoms with Crippen LogP contribution in [0.4, 0.5) is 0 Å². The molecule has 2 nitrogen and oxygen atoms in total. The highest BCUT2D eigenvalue weighted by atomic mass is 32.1. The molecule has 0 aliphatic carbocycles. The molecule has 0 aliphatic rings. The molecule has 0 saturated carbocycles. The molecule has 1 aromatic carbocycles. The minimum atomic E-state index is 0.194. The molecule has 18 heavy (non-hydrogen) atoms. The predicted molar refractivity (Wildman–Crippen MR) is 77.6 cm³/mol. The molecule has 1 heterocycles. The number of hydrogen-bond donors (Lipinski definition) is 1. The Morgan fingerprint density at radius 2 is 2.00 bits per heavy atom. The van der Waals surface area contributed by atoms with Crippen LogP contribution in [0.15, 0.2) is 35.0 Å². The van der Waals surface area contributed by atoms with E-state index in [0.717, 1.165) is 5.75 Å². The van der Waals surface area contributed by atoms with Crippen LogP contribution in [0.1, 0.15) is 29.7 Å². The zero-order chi connectivity index (χ0) is 13.0. The molecule has 96 valence electrons. The number of nitrogens with one attached hydrogen (secondary N) is 1. The van der Waals surface area contributed by atoms with Crippen LogP contribution in [0.3, 0.4) is 0 Å². The van der Waals surface area contributed by atoms with Crippen molar-refractivity contribution in [3.8, 4) is 5.75 Å². The van der Waals surface area contributed by atoms with E-state index in [1.165, 1.54) is 16.7 Å². The number of rotatable bonds is 5. The van der Waals surface area contributed by atoms with Crippen LogP contribution in [0.2, 0.25) is 0 Å². The molecule has 1 aromatic heterocycles. The van der Waals surface area contributed by atoms with Crippen molar-refractivity contribution >= 4 is 11.3 Å². The standard InChI is InChI=1S/C15H19NOS/c1-4-17-14-8-6-5-7-12(14)15(16-3)13-10-18-9-11(13)2/h5-10,15-16H,4H2,1-3H3. The van der Waals surface area contributed by atoms with Crippen LogP contribution >= 0.6 is 11.3 Å². The fraction of sp³-hybridized carbons (Fsp3) is 0.333. The number of ether oxygens (including phenoxy) is 1. The van der Waals surface area contributed by atoms with Crippen molar-refractivity contribution in [1.29, 1.82) is 0 Å². The minimum Gasteiger partial charge on any atom is -0.494 e. The maximum Gasteiger partial charge on any atom is 0.124 e. The first-order chi connectivity index (χ1) is 8.77. The van der Waals surface area contributed by atoms with Crippen LogP contribution in [-0.2, 0) is 0 Å². The highest BCUT2D eigenvalue weighted by Gasteiger charge is 2.18. The van der Waals surface area contributed by atoms with Crippen molar-refractivity contribution in [2.75, 3.05) is 13.7 Å². The van der Waals surface area contributed by atoms with E-state index < -0.39 is 0 Å². The first-order valence-corrected chi connectivity index (χ1v) is 7.13. The summed E-state index contributed by atoms with van der Waals surface area (Å²) in [6, 6.07) is 8.43. The molecule has 0 spiro atoms. The molecular formula is C15H19NOS. The fourth-order valence-electron chi connectivity index (χ4n) is 2.15. The third kappa shape index (κ3) is 2.57. The van der Waals surface area contributed by atoms with Crippen molar-refractivity contribution in [2.24, 2.45) is 0 Å². The van der Waals surface area contributed by atoms with E-state index in [2.05, 4.69) is 35.1 Å².